The number of hydrogen-bond acceptors (Lipinski definition) is 3. The number of hydrogen-bond donors (Lipinski definition) is 0. The summed E-state index contributed by atoms with van der Waals surface area (Å²) in [7, 11) is 0. The van der Waals surface area contributed by atoms with Crippen LogP contribution >= 0.6 is 11.6 Å². The van der Waals surface area contributed by atoms with Crippen LogP contribution in [0.1, 0.15) is 5.82 Å². The van der Waals surface area contributed by atoms with Crippen molar-refractivity contribution in [3.8, 4) is 5.75 Å². The van der Waals surface area contributed by atoms with Gasteiger partial charge in [0.15, 0.2) is 11.5 Å². The lowest BCUT2D eigenvalue weighted by Gasteiger charge is -2.06. The summed E-state index contributed by atoms with van der Waals surface area (Å²) in [4.78, 5) is 0. The lowest BCUT2D eigenvalue weighted by Crippen LogP contribution is -2.01. The Morgan fingerprint density at radius 3 is 2.78 bits per heavy atom. The largest absolute Gasteiger partial charge is 0.484 e. The molecule has 0 saturated heterocycles. The third-order valence-corrected chi connectivity index (χ3v) is 2.89. The Hall–Kier alpha value is -2.07. The van der Waals surface area contributed by atoms with E-state index in [9.17, 15) is 0 Å². The number of pyridine rings is 1. The van der Waals surface area contributed by atoms with Gasteiger partial charge in [0.2, 0.25) is 0 Å². The highest BCUT2D eigenvalue weighted by molar-refractivity contribution is 6.32. The summed E-state index contributed by atoms with van der Waals surface area (Å²) in [5, 5.41) is 8.73. The first-order valence-corrected chi connectivity index (χ1v) is 5.88. The average molecular weight is 260 g/mol. The maximum Gasteiger partial charge on any atom is 0.175 e. The van der Waals surface area contributed by atoms with Crippen molar-refractivity contribution in [2.45, 2.75) is 6.61 Å². The van der Waals surface area contributed by atoms with E-state index in [0.717, 1.165) is 11.5 Å². The molecular weight excluding hydrogens is 250 g/mol. The minimum Gasteiger partial charge on any atom is -0.484 e. The molecule has 0 aliphatic carbocycles. The Morgan fingerprint density at radius 2 is 1.89 bits per heavy atom. The monoisotopic (exact) mass is 259 g/mol. The van der Waals surface area contributed by atoms with Gasteiger partial charge in [-0.25, -0.2) is 0 Å². The molecular formula is C13H10ClN3O. The fourth-order valence-corrected chi connectivity index (χ4v) is 1.88. The van der Waals surface area contributed by atoms with Crippen molar-refractivity contribution in [2.24, 2.45) is 0 Å². The second kappa shape index (κ2) is 4.66. The molecule has 0 aliphatic rings. The molecule has 0 amide bonds. The summed E-state index contributed by atoms with van der Waals surface area (Å²) in [5.41, 5.74) is 0.801. The van der Waals surface area contributed by atoms with Crippen LogP contribution < -0.4 is 4.74 Å². The molecule has 3 aromatic rings. The van der Waals surface area contributed by atoms with E-state index >= 15 is 0 Å². The fraction of sp³-hybridized carbons (Fsp3) is 0.0769. The number of fused-ring (bicyclic) bond motifs is 1. The maximum absolute atomic E-state index is 6.01. The molecule has 1 aromatic carbocycles. The lowest BCUT2D eigenvalue weighted by atomic mass is 10.3. The zero-order valence-corrected chi connectivity index (χ0v) is 10.2. The van der Waals surface area contributed by atoms with Crippen LogP contribution in [-0.2, 0) is 6.61 Å². The van der Waals surface area contributed by atoms with Crippen LogP contribution in [0, 0.1) is 0 Å². The number of rotatable bonds is 3. The van der Waals surface area contributed by atoms with Crippen molar-refractivity contribution in [3.05, 3.63) is 59.5 Å². The Balaban J connectivity index is 1.83. The fourth-order valence-electron chi connectivity index (χ4n) is 1.69. The third kappa shape index (κ3) is 2.02. The first-order chi connectivity index (χ1) is 8.84. The smallest absolute Gasteiger partial charge is 0.175 e. The van der Waals surface area contributed by atoms with E-state index in [1.807, 2.05) is 47.0 Å². The van der Waals surface area contributed by atoms with Crippen LogP contribution in [-0.4, -0.2) is 14.6 Å². The zero-order valence-electron chi connectivity index (χ0n) is 9.45. The Bertz CT molecular complexity index is 681. The van der Waals surface area contributed by atoms with E-state index < -0.39 is 0 Å². The first-order valence-electron chi connectivity index (χ1n) is 5.50. The van der Waals surface area contributed by atoms with Gasteiger partial charge in [-0.05, 0) is 24.3 Å². The SMILES string of the molecule is Clc1ccccc1OCc1nnc2ccccn12. The molecule has 0 radical (unpaired) electrons. The number of benzene rings is 1. The molecule has 0 aliphatic heterocycles. The van der Waals surface area contributed by atoms with Crippen LogP contribution in [0.3, 0.4) is 0 Å². The van der Waals surface area contributed by atoms with E-state index in [1.54, 1.807) is 6.07 Å². The Kier molecular flexibility index (Phi) is 2.86. The number of aromatic nitrogens is 3. The predicted octanol–water partition coefficient (Wildman–Crippen LogP) is 2.96. The Labute approximate surface area is 109 Å². The number of nitrogens with zero attached hydrogens (tertiary/aromatic N) is 3. The van der Waals surface area contributed by atoms with Crippen LogP contribution in [0.5, 0.6) is 5.75 Å². The molecule has 0 unspecified atom stereocenters. The van der Waals surface area contributed by atoms with Crippen LogP contribution in [0.15, 0.2) is 48.7 Å². The molecule has 4 nitrogen and oxygen atoms in total. The molecule has 5 heteroatoms. The molecule has 0 spiro atoms. The van der Waals surface area contributed by atoms with Crippen molar-refractivity contribution in [1.82, 2.24) is 14.6 Å². The molecule has 3 rings (SSSR count). The van der Waals surface area contributed by atoms with Gasteiger partial charge in [0.05, 0.1) is 5.02 Å². The number of ether oxygens (including phenoxy) is 1. The van der Waals surface area contributed by atoms with Gasteiger partial charge in [-0.3, -0.25) is 4.40 Å². The predicted molar refractivity (Wildman–Crippen MR) is 68.8 cm³/mol. The molecule has 0 atom stereocenters. The van der Waals surface area contributed by atoms with Gasteiger partial charge < -0.3 is 4.74 Å². The maximum atomic E-state index is 6.01. The molecule has 2 aromatic heterocycles. The number of para-hydroxylation sites is 1. The zero-order chi connectivity index (χ0) is 12.4. The molecule has 0 N–H and O–H groups in total. The molecule has 0 fully saturated rings. The van der Waals surface area contributed by atoms with Crippen LogP contribution in [0.4, 0.5) is 0 Å². The summed E-state index contributed by atoms with van der Waals surface area (Å²) in [6.45, 7) is 0.328. The highest BCUT2D eigenvalue weighted by Gasteiger charge is 2.06. The van der Waals surface area contributed by atoms with Crippen molar-refractivity contribution in [3.63, 3.8) is 0 Å². The number of halogens is 1. The van der Waals surface area contributed by atoms with E-state index in [4.69, 9.17) is 16.3 Å². The highest BCUT2D eigenvalue weighted by Crippen LogP contribution is 2.23. The van der Waals surface area contributed by atoms with Gasteiger partial charge in [-0.15, -0.1) is 10.2 Å². The Morgan fingerprint density at radius 1 is 1.06 bits per heavy atom. The standard InChI is InChI=1S/C13H10ClN3O/c14-10-5-1-2-6-11(10)18-9-13-16-15-12-7-3-4-8-17(12)13/h1-8H,9H2. The topological polar surface area (TPSA) is 39.4 Å². The molecule has 0 saturated carbocycles. The van der Waals surface area contributed by atoms with Gasteiger partial charge in [-0.2, -0.15) is 0 Å². The second-order valence-electron chi connectivity index (χ2n) is 3.76. The van der Waals surface area contributed by atoms with Crippen molar-refractivity contribution < 1.29 is 4.74 Å². The summed E-state index contributed by atoms with van der Waals surface area (Å²) in [6.07, 6.45) is 1.90. The average Bonchev–Trinajstić information content (AvgIpc) is 2.81. The van der Waals surface area contributed by atoms with E-state index in [1.165, 1.54) is 0 Å². The van der Waals surface area contributed by atoms with Crippen LogP contribution in [0.25, 0.3) is 5.65 Å². The van der Waals surface area contributed by atoms with Gasteiger partial charge in [0, 0.05) is 6.20 Å². The normalized spacial score (nSPS) is 10.7. The van der Waals surface area contributed by atoms with Gasteiger partial charge in [0.1, 0.15) is 12.4 Å². The summed E-state index contributed by atoms with van der Waals surface area (Å²) < 4.78 is 7.52. The third-order valence-electron chi connectivity index (χ3n) is 2.58. The lowest BCUT2D eigenvalue weighted by molar-refractivity contribution is 0.294. The van der Waals surface area contributed by atoms with Gasteiger partial charge in [-0.1, -0.05) is 29.8 Å². The highest BCUT2D eigenvalue weighted by atomic mass is 35.5. The van der Waals surface area contributed by atoms with Crippen molar-refractivity contribution in [1.29, 1.82) is 0 Å². The van der Waals surface area contributed by atoms with Gasteiger partial charge >= 0.3 is 0 Å². The van der Waals surface area contributed by atoms with E-state index in [-0.39, 0.29) is 0 Å². The van der Waals surface area contributed by atoms with E-state index in [0.29, 0.717) is 17.4 Å². The van der Waals surface area contributed by atoms with E-state index in [2.05, 4.69) is 10.2 Å². The van der Waals surface area contributed by atoms with Crippen molar-refractivity contribution >= 4 is 17.2 Å². The molecule has 2 heterocycles. The summed E-state index contributed by atoms with van der Waals surface area (Å²) >= 11 is 6.01. The first kappa shape index (κ1) is 11.0. The quantitative estimate of drug-likeness (QED) is 0.726. The van der Waals surface area contributed by atoms with Gasteiger partial charge in [0.25, 0.3) is 0 Å². The molecule has 0 bridgehead atoms. The summed E-state index contributed by atoms with van der Waals surface area (Å²) in [5.74, 6) is 1.39. The van der Waals surface area contributed by atoms with Crippen LogP contribution in [0.2, 0.25) is 5.02 Å². The minimum absolute atomic E-state index is 0.328. The minimum atomic E-state index is 0.328. The molecule has 90 valence electrons. The molecule has 18 heavy (non-hydrogen) atoms. The second-order valence-corrected chi connectivity index (χ2v) is 4.17. The van der Waals surface area contributed by atoms with Crippen molar-refractivity contribution in [2.75, 3.05) is 0 Å². The summed E-state index contributed by atoms with van der Waals surface area (Å²) in [6, 6.07) is 13.1.